The Morgan fingerprint density at radius 2 is 1.67 bits per heavy atom. The van der Waals surface area contributed by atoms with Gasteiger partial charge in [-0.25, -0.2) is 0 Å². The average molecular weight is 110 g/mol. The molecule has 0 aliphatic heterocycles. The first-order valence-corrected chi connectivity index (χ1v) is 1.91. The third-order valence-electron chi connectivity index (χ3n) is 0.318. The lowest BCUT2D eigenvalue weighted by atomic mass is 10.4. The standard InChI is InChI=1S/C3H6ClO2/c1-2(5)3(4)6/h2-3,5-6H,1H2. The minimum absolute atomic E-state index is 1.08. The van der Waals surface area contributed by atoms with Crippen LogP contribution in [0.2, 0.25) is 0 Å². The zero-order chi connectivity index (χ0) is 5.15. The molecule has 2 atom stereocenters. The number of hydrogen-bond donors (Lipinski definition) is 2. The van der Waals surface area contributed by atoms with E-state index in [1.807, 2.05) is 0 Å². The zero-order valence-electron chi connectivity index (χ0n) is 3.13. The van der Waals surface area contributed by atoms with E-state index in [4.69, 9.17) is 21.8 Å². The highest BCUT2D eigenvalue weighted by Gasteiger charge is 2.02. The summed E-state index contributed by atoms with van der Waals surface area (Å²) >= 11 is 4.86. The normalized spacial score (nSPS) is 20.0. The molecule has 0 fully saturated rings. The van der Waals surface area contributed by atoms with E-state index in [1.165, 1.54) is 0 Å². The van der Waals surface area contributed by atoms with Crippen molar-refractivity contribution < 1.29 is 10.2 Å². The minimum atomic E-state index is -1.23. The number of halogens is 1. The molecule has 0 aliphatic carbocycles. The van der Waals surface area contributed by atoms with Gasteiger partial charge in [-0.2, -0.15) is 0 Å². The molecule has 0 bridgehead atoms. The minimum Gasteiger partial charge on any atom is -0.389 e. The summed E-state index contributed by atoms with van der Waals surface area (Å²) in [5, 5.41) is 16.2. The number of rotatable bonds is 1. The predicted octanol–water partition coefficient (Wildman–Crippen LogP) is -0.261. The van der Waals surface area contributed by atoms with Crippen LogP contribution in [0.5, 0.6) is 0 Å². The Labute approximate surface area is 41.4 Å². The first-order valence-electron chi connectivity index (χ1n) is 1.48. The van der Waals surface area contributed by atoms with E-state index in [0.717, 1.165) is 0 Å². The van der Waals surface area contributed by atoms with Crippen molar-refractivity contribution in [1.29, 1.82) is 0 Å². The summed E-state index contributed by atoms with van der Waals surface area (Å²) in [6.07, 6.45) is -1.08. The maximum atomic E-state index is 8.14. The third kappa shape index (κ3) is 2.45. The second-order valence-corrected chi connectivity index (χ2v) is 1.39. The van der Waals surface area contributed by atoms with Crippen LogP contribution in [0.25, 0.3) is 0 Å². The van der Waals surface area contributed by atoms with E-state index in [1.54, 1.807) is 0 Å². The molecular formula is C3H6ClO2. The van der Waals surface area contributed by atoms with Gasteiger partial charge in [0.05, 0.1) is 6.10 Å². The molecule has 0 saturated heterocycles. The number of hydrogen-bond acceptors (Lipinski definition) is 2. The van der Waals surface area contributed by atoms with Gasteiger partial charge in [0, 0.05) is 0 Å². The van der Waals surface area contributed by atoms with Crippen LogP contribution >= 0.6 is 11.6 Å². The van der Waals surface area contributed by atoms with E-state index in [0.29, 0.717) is 0 Å². The fourth-order valence-electron chi connectivity index (χ4n) is 0. The van der Waals surface area contributed by atoms with Crippen LogP contribution in [0.3, 0.4) is 0 Å². The molecule has 0 aromatic rings. The van der Waals surface area contributed by atoms with Gasteiger partial charge >= 0.3 is 0 Å². The van der Waals surface area contributed by atoms with E-state index >= 15 is 0 Å². The van der Waals surface area contributed by atoms with E-state index < -0.39 is 11.7 Å². The summed E-state index contributed by atoms with van der Waals surface area (Å²) in [6, 6.07) is 0. The van der Waals surface area contributed by atoms with Crippen molar-refractivity contribution in [3.8, 4) is 0 Å². The van der Waals surface area contributed by atoms with Crippen LogP contribution in [0.4, 0.5) is 0 Å². The van der Waals surface area contributed by atoms with Crippen molar-refractivity contribution in [3.63, 3.8) is 0 Å². The highest BCUT2D eigenvalue weighted by Crippen LogP contribution is 1.93. The summed E-state index contributed by atoms with van der Waals surface area (Å²) in [7, 11) is 0. The summed E-state index contributed by atoms with van der Waals surface area (Å²) in [6.45, 7) is 3.01. The molecular weight excluding hydrogens is 103 g/mol. The molecule has 2 nitrogen and oxygen atoms in total. The van der Waals surface area contributed by atoms with E-state index in [2.05, 4.69) is 6.92 Å². The smallest absolute Gasteiger partial charge is 0.153 e. The molecule has 0 rings (SSSR count). The number of alkyl halides is 1. The summed E-state index contributed by atoms with van der Waals surface area (Å²) < 4.78 is 0. The first kappa shape index (κ1) is 6.21. The fraction of sp³-hybridized carbons (Fsp3) is 0.667. The van der Waals surface area contributed by atoms with Crippen LogP contribution in [-0.4, -0.2) is 21.9 Å². The fourth-order valence-corrected chi connectivity index (χ4v) is 0. The lowest BCUT2D eigenvalue weighted by molar-refractivity contribution is 0.101. The molecule has 0 heterocycles. The van der Waals surface area contributed by atoms with Crippen LogP contribution in [0.1, 0.15) is 0 Å². The maximum absolute atomic E-state index is 8.14. The van der Waals surface area contributed by atoms with Gasteiger partial charge in [0.2, 0.25) is 0 Å². The van der Waals surface area contributed by atoms with Gasteiger partial charge < -0.3 is 10.2 Å². The highest BCUT2D eigenvalue weighted by molar-refractivity contribution is 6.19. The second-order valence-electron chi connectivity index (χ2n) is 0.940. The maximum Gasteiger partial charge on any atom is 0.153 e. The van der Waals surface area contributed by atoms with E-state index in [-0.39, 0.29) is 0 Å². The van der Waals surface area contributed by atoms with Crippen molar-refractivity contribution in [2.75, 3.05) is 0 Å². The van der Waals surface area contributed by atoms with Gasteiger partial charge in [-0.05, 0) is 6.92 Å². The SMILES string of the molecule is [CH2]C(O)C(O)Cl. The molecule has 6 heavy (non-hydrogen) atoms. The Bertz CT molecular complexity index is 29.8. The molecule has 0 aromatic heterocycles. The topological polar surface area (TPSA) is 40.5 Å². The van der Waals surface area contributed by atoms with Gasteiger partial charge in [0.25, 0.3) is 0 Å². The lowest BCUT2D eigenvalue weighted by Gasteiger charge is -2.00. The Kier molecular flexibility index (Phi) is 2.48. The molecule has 0 saturated carbocycles. The van der Waals surface area contributed by atoms with Crippen molar-refractivity contribution in [2.45, 2.75) is 11.7 Å². The van der Waals surface area contributed by atoms with Crippen LogP contribution < -0.4 is 0 Å². The van der Waals surface area contributed by atoms with Crippen molar-refractivity contribution in [2.24, 2.45) is 0 Å². The van der Waals surface area contributed by atoms with Gasteiger partial charge in [-0.3, -0.25) is 0 Å². The third-order valence-corrected chi connectivity index (χ3v) is 0.608. The predicted molar refractivity (Wildman–Crippen MR) is 23.2 cm³/mol. The molecule has 2 N–H and O–H groups in total. The quantitative estimate of drug-likeness (QED) is 0.456. The number of aliphatic hydroxyl groups excluding tert-OH is 2. The molecule has 37 valence electrons. The van der Waals surface area contributed by atoms with Crippen LogP contribution in [0, 0.1) is 6.92 Å². The average Bonchev–Trinajstić information content (AvgIpc) is 1.36. The Balaban J connectivity index is 2.99. The Morgan fingerprint density at radius 1 is 1.50 bits per heavy atom. The van der Waals surface area contributed by atoms with Crippen LogP contribution in [-0.2, 0) is 0 Å². The number of aliphatic hydroxyl groups is 2. The molecule has 2 unspecified atom stereocenters. The van der Waals surface area contributed by atoms with Gasteiger partial charge in [0.1, 0.15) is 0 Å². The highest BCUT2D eigenvalue weighted by atomic mass is 35.5. The molecule has 0 amide bonds. The Hall–Kier alpha value is 0.210. The molecule has 0 spiro atoms. The molecule has 3 heteroatoms. The summed E-state index contributed by atoms with van der Waals surface area (Å²) in [5.74, 6) is 0. The summed E-state index contributed by atoms with van der Waals surface area (Å²) in [5.41, 5.74) is -1.23. The molecule has 0 aromatic carbocycles. The lowest BCUT2D eigenvalue weighted by Crippen LogP contribution is -2.14. The van der Waals surface area contributed by atoms with Gasteiger partial charge in [0.15, 0.2) is 5.56 Å². The monoisotopic (exact) mass is 109 g/mol. The van der Waals surface area contributed by atoms with Crippen LogP contribution in [0.15, 0.2) is 0 Å². The van der Waals surface area contributed by atoms with Crippen molar-refractivity contribution in [3.05, 3.63) is 6.92 Å². The van der Waals surface area contributed by atoms with Crippen molar-refractivity contribution in [1.82, 2.24) is 0 Å². The first-order chi connectivity index (χ1) is 2.64. The van der Waals surface area contributed by atoms with Gasteiger partial charge in [-0.15, -0.1) is 0 Å². The Morgan fingerprint density at radius 3 is 1.67 bits per heavy atom. The van der Waals surface area contributed by atoms with E-state index in [9.17, 15) is 0 Å². The largest absolute Gasteiger partial charge is 0.389 e. The van der Waals surface area contributed by atoms with Gasteiger partial charge in [-0.1, -0.05) is 11.6 Å². The molecule has 1 radical (unpaired) electrons. The second kappa shape index (κ2) is 2.39. The zero-order valence-corrected chi connectivity index (χ0v) is 3.89. The molecule has 0 aliphatic rings. The summed E-state index contributed by atoms with van der Waals surface area (Å²) in [4.78, 5) is 0. The van der Waals surface area contributed by atoms with Crippen molar-refractivity contribution >= 4 is 11.6 Å².